The molecule has 0 spiro atoms. The van der Waals surface area contributed by atoms with E-state index in [0.717, 1.165) is 0 Å². The van der Waals surface area contributed by atoms with Gasteiger partial charge in [-0.3, -0.25) is 47.9 Å². The summed E-state index contributed by atoms with van der Waals surface area (Å²) in [5.74, 6) is -7.90. The maximum absolute atomic E-state index is 14.7. The van der Waals surface area contributed by atoms with Crippen molar-refractivity contribution in [1.82, 2.24) is 57.8 Å². The van der Waals surface area contributed by atoms with Crippen LogP contribution in [0.1, 0.15) is 128 Å². The Bertz CT molecular complexity index is 2390. The van der Waals surface area contributed by atoms with Crippen LogP contribution in [0.3, 0.4) is 0 Å². The number of thiol groups is 1. The summed E-state index contributed by atoms with van der Waals surface area (Å²) in [4.78, 5) is 145. The molecule has 0 bridgehead atoms. The van der Waals surface area contributed by atoms with Crippen LogP contribution in [0, 0.1) is 5.92 Å². The first-order valence-corrected chi connectivity index (χ1v) is 30.4. The number of benzene rings is 1. The number of unbranched alkanes of at least 4 members (excludes halogenated alkanes) is 5. The third-order valence-corrected chi connectivity index (χ3v) is 14.3. The number of aromatic nitrogens is 2. The molecule has 1 aromatic carbocycles. The zero-order valence-corrected chi connectivity index (χ0v) is 50.8. The first-order chi connectivity index (χ1) is 41.1. The van der Waals surface area contributed by atoms with Crippen LogP contribution in [0.4, 0.5) is 0 Å². The maximum atomic E-state index is 14.7. The molecule has 484 valence electrons. The average molecular weight is 1230 g/mol. The van der Waals surface area contributed by atoms with E-state index in [0.29, 0.717) is 88.6 Å². The summed E-state index contributed by atoms with van der Waals surface area (Å²) >= 11 is 4.11. The molecule has 0 fully saturated rings. The Morgan fingerprint density at radius 2 is 0.791 bits per heavy atom. The van der Waals surface area contributed by atoms with Crippen molar-refractivity contribution in [2.45, 2.75) is 184 Å². The zero-order chi connectivity index (χ0) is 64.0. The monoisotopic (exact) mass is 1230 g/mol. The van der Waals surface area contributed by atoms with E-state index in [4.69, 9.17) is 40.1 Å². The summed E-state index contributed by atoms with van der Waals surface area (Å²) in [6, 6.07) is -5.41. The molecule has 2 aromatic rings. The largest absolute Gasteiger partial charge is 0.508 e. The topological polar surface area (TPSA) is 510 Å². The third-order valence-electron chi connectivity index (χ3n) is 13.9. The van der Waals surface area contributed by atoms with E-state index in [9.17, 15) is 53.1 Å². The van der Waals surface area contributed by atoms with Crippen molar-refractivity contribution in [3.05, 3.63) is 48.0 Å². The minimum absolute atomic E-state index is 0.0250. The first-order valence-electron chi connectivity index (χ1n) is 29.7. The number of hydrogen-bond acceptors (Lipinski definition) is 19. The highest BCUT2D eigenvalue weighted by Crippen LogP contribution is 2.15. The minimum Gasteiger partial charge on any atom is -0.508 e. The highest BCUT2D eigenvalue weighted by Gasteiger charge is 2.36. The molecular formula is C56H98N18O11S. The number of phenols is 1. The average Bonchev–Trinajstić information content (AvgIpc) is 3.68. The number of hydrogen-bond donors (Lipinski definition) is 19. The number of nitrogens with one attached hydrogen (secondary N) is 10. The maximum Gasteiger partial charge on any atom is 0.243 e. The lowest BCUT2D eigenvalue weighted by atomic mass is 10.00. The molecule has 0 saturated heterocycles. The molecule has 2 rings (SSSR count). The van der Waals surface area contributed by atoms with Crippen molar-refractivity contribution >= 4 is 71.7 Å². The van der Waals surface area contributed by atoms with Crippen molar-refractivity contribution in [2.24, 2.45) is 46.1 Å². The normalized spacial score (nSPS) is 14.3. The highest BCUT2D eigenvalue weighted by atomic mass is 32.1. The molecule has 86 heavy (non-hydrogen) atoms. The molecule has 9 atom stereocenters. The van der Waals surface area contributed by atoms with Crippen molar-refractivity contribution in [1.29, 1.82) is 0 Å². The Morgan fingerprint density at radius 3 is 1.12 bits per heavy atom. The molecule has 29 nitrogen and oxygen atoms in total. The summed E-state index contributed by atoms with van der Waals surface area (Å²) in [6.45, 7) is 4.67. The standard InChI is InChI=1S/C56H98N18O11S/c1-34(2)27-43(54(83)69-42(17-7-12-26-61)53(82)73-45(29-36-31-64-33-65-36)56(85)74-46(32-86)48(63)77)71-51(80)41(16-6-11-25-60)70-55(84)44(28-35-18-20-37(75)21-19-35)72-52(81)40(15-5-10-24-59)68-50(79)39(14-4-9-23-58)67-49(78)38(13-3-8-22-57)66-47(76)30-62/h18-21,31,33-34,38-46,75,86H,3-17,22-30,32,57-62H2,1-2H3,(H2,63,77)(H,64,65)(H,66,76)(H,67,78)(H,68,79)(H,69,83)(H,70,84)(H,71,80)(H,72,81)(H,73,82)(H,74,85)/t38-,39-,40-,41-,42-,43-,44-,45-,46-/m0/s1. The predicted molar refractivity (Wildman–Crippen MR) is 328 cm³/mol. The molecule has 0 aliphatic heterocycles. The van der Waals surface area contributed by atoms with Gasteiger partial charge >= 0.3 is 0 Å². The molecule has 0 aliphatic rings. The van der Waals surface area contributed by atoms with Crippen LogP contribution in [-0.4, -0.2) is 174 Å². The van der Waals surface area contributed by atoms with E-state index >= 15 is 0 Å². The SMILES string of the molecule is CC(C)C[C@H](NC(=O)[C@H](CCCCN)NC(=O)[C@H](Cc1ccc(O)cc1)NC(=O)[C@H](CCCCN)NC(=O)[C@H](CCCCN)NC(=O)[C@H](CCCCN)NC(=O)CN)C(=O)N[C@@H](CCCCN)C(=O)N[C@@H](Cc1cnc[nH]1)C(=O)N[C@@H](CS)C(N)=O. The molecule has 0 radical (unpaired) electrons. The molecule has 30 heteroatoms. The van der Waals surface area contributed by atoms with Gasteiger partial charge in [0.2, 0.25) is 59.1 Å². The lowest BCUT2D eigenvalue weighted by Gasteiger charge is -2.29. The van der Waals surface area contributed by atoms with Gasteiger partial charge in [-0.05, 0) is 159 Å². The molecular weight excluding hydrogens is 1130 g/mol. The number of nitrogens with zero attached hydrogens (tertiary/aromatic N) is 1. The van der Waals surface area contributed by atoms with Crippen molar-refractivity contribution in [3.63, 3.8) is 0 Å². The number of aromatic hydroxyl groups is 1. The fraction of sp³-hybridized carbons (Fsp3) is 0.661. The third kappa shape index (κ3) is 29.4. The second kappa shape index (κ2) is 42.8. The number of nitrogens with two attached hydrogens (primary N) is 7. The number of amides is 10. The van der Waals surface area contributed by atoms with E-state index < -0.39 is 113 Å². The van der Waals surface area contributed by atoms with Crippen LogP contribution >= 0.6 is 12.6 Å². The lowest BCUT2D eigenvalue weighted by molar-refractivity contribution is -0.136. The van der Waals surface area contributed by atoms with Gasteiger partial charge in [0.1, 0.15) is 60.1 Å². The predicted octanol–water partition coefficient (Wildman–Crippen LogP) is -3.67. The Morgan fingerprint density at radius 1 is 0.465 bits per heavy atom. The number of carbonyl (C=O) groups is 10. The fourth-order valence-corrected chi connectivity index (χ4v) is 9.32. The van der Waals surface area contributed by atoms with E-state index in [2.05, 4.69) is 70.4 Å². The summed E-state index contributed by atoms with van der Waals surface area (Å²) < 4.78 is 0. The van der Waals surface area contributed by atoms with Gasteiger partial charge in [0.05, 0.1) is 12.9 Å². The number of rotatable bonds is 46. The van der Waals surface area contributed by atoms with Crippen molar-refractivity contribution in [3.8, 4) is 5.75 Å². The van der Waals surface area contributed by atoms with Gasteiger partial charge in [-0.15, -0.1) is 0 Å². The molecule has 0 unspecified atom stereocenters. The molecule has 25 N–H and O–H groups in total. The number of imidazole rings is 1. The van der Waals surface area contributed by atoms with Gasteiger partial charge < -0.3 is 98.1 Å². The number of primary amides is 1. The minimum atomic E-state index is -1.42. The highest BCUT2D eigenvalue weighted by molar-refractivity contribution is 7.80. The van der Waals surface area contributed by atoms with E-state index in [1.807, 2.05) is 13.8 Å². The Kier molecular flexibility index (Phi) is 37.4. The smallest absolute Gasteiger partial charge is 0.243 e. The number of aromatic amines is 1. The molecule has 0 aliphatic carbocycles. The van der Waals surface area contributed by atoms with Crippen LogP contribution < -0.4 is 88.0 Å². The van der Waals surface area contributed by atoms with Crippen LogP contribution in [0.2, 0.25) is 0 Å². The second-order valence-corrected chi connectivity index (χ2v) is 22.0. The molecule has 1 heterocycles. The summed E-state index contributed by atoms with van der Waals surface area (Å²) in [5.41, 5.74) is 40.9. The van der Waals surface area contributed by atoms with Gasteiger partial charge in [0, 0.05) is 30.5 Å². The summed E-state index contributed by atoms with van der Waals surface area (Å²) in [7, 11) is 0. The molecule has 0 saturated carbocycles. The van der Waals surface area contributed by atoms with Crippen LogP contribution in [-0.2, 0) is 60.8 Å². The Hall–Kier alpha value is -6.96. The van der Waals surface area contributed by atoms with Crippen LogP contribution in [0.5, 0.6) is 5.75 Å². The second-order valence-electron chi connectivity index (χ2n) is 21.6. The Balaban J connectivity index is 2.56. The number of carbonyl (C=O) groups excluding carboxylic acids is 10. The van der Waals surface area contributed by atoms with Crippen LogP contribution in [0.15, 0.2) is 36.8 Å². The van der Waals surface area contributed by atoms with Crippen molar-refractivity contribution in [2.75, 3.05) is 45.0 Å². The van der Waals surface area contributed by atoms with Gasteiger partial charge in [0.15, 0.2) is 0 Å². The van der Waals surface area contributed by atoms with Crippen molar-refractivity contribution < 1.29 is 53.1 Å². The lowest BCUT2D eigenvalue weighted by Crippen LogP contribution is -2.61. The summed E-state index contributed by atoms with van der Waals surface area (Å²) in [6.07, 6.45) is 7.49. The van der Waals surface area contributed by atoms with Gasteiger partial charge in [-0.2, -0.15) is 12.6 Å². The Labute approximate surface area is 509 Å². The zero-order valence-electron chi connectivity index (χ0n) is 49.9. The van der Waals surface area contributed by atoms with E-state index in [1.165, 1.54) is 36.8 Å². The molecule has 10 amide bonds. The van der Waals surface area contributed by atoms with Gasteiger partial charge in [0.25, 0.3) is 0 Å². The quantitative estimate of drug-likeness (QED) is 0.0224. The van der Waals surface area contributed by atoms with Gasteiger partial charge in [-0.25, -0.2) is 4.98 Å². The first kappa shape index (κ1) is 75.1. The van der Waals surface area contributed by atoms with Crippen LogP contribution in [0.25, 0.3) is 0 Å². The summed E-state index contributed by atoms with van der Waals surface area (Å²) in [5, 5.41) is 34.5. The van der Waals surface area contributed by atoms with E-state index in [-0.39, 0.29) is 95.0 Å². The van der Waals surface area contributed by atoms with Gasteiger partial charge in [-0.1, -0.05) is 26.0 Å². The number of H-pyrrole nitrogens is 1. The van der Waals surface area contributed by atoms with E-state index in [1.54, 1.807) is 0 Å². The fourth-order valence-electron chi connectivity index (χ4n) is 9.05. The number of phenolic OH excluding ortho intramolecular Hbond substituents is 1. The molecule has 1 aromatic heterocycles.